The van der Waals surface area contributed by atoms with Crippen molar-refractivity contribution in [2.45, 2.75) is 22.6 Å². The molecule has 2 aromatic carbocycles. The number of benzene rings is 2. The van der Waals surface area contributed by atoms with Crippen molar-refractivity contribution >= 4 is 52.3 Å². The molecule has 0 spiro atoms. The summed E-state index contributed by atoms with van der Waals surface area (Å²) in [5, 5.41) is 2.97. The Bertz CT molecular complexity index is 1280. The van der Waals surface area contributed by atoms with Gasteiger partial charge in [0.25, 0.3) is 0 Å². The Morgan fingerprint density at radius 1 is 1.07 bits per heavy atom. The van der Waals surface area contributed by atoms with E-state index in [-0.39, 0.29) is 34.3 Å². The van der Waals surface area contributed by atoms with E-state index < -0.39 is 19.7 Å². The van der Waals surface area contributed by atoms with Crippen LogP contribution in [-0.4, -0.2) is 46.8 Å². The minimum Gasteiger partial charge on any atom is -0.497 e. The molecule has 8 nitrogen and oxygen atoms in total. The van der Waals surface area contributed by atoms with E-state index in [1.807, 2.05) is 0 Å². The first-order valence-corrected chi connectivity index (χ1v) is 13.2. The third-order valence-electron chi connectivity index (χ3n) is 4.27. The molecule has 0 atom stereocenters. The monoisotopic (exact) mass is 468 g/mol. The van der Waals surface area contributed by atoms with Crippen LogP contribution in [0.1, 0.15) is 12.8 Å². The number of hydrogen-bond acceptors (Lipinski definition) is 8. The number of nitrogens with one attached hydrogen (secondary N) is 1. The number of amides is 1. The lowest BCUT2D eigenvalue weighted by Crippen LogP contribution is -2.14. The standard InChI is InChI=1S/C19H20N2O6S3/c1-27-13-5-7-14(8-6-13)30(25,26)11-3-4-18(22)21-19-20-16-10-9-15(29(2,23)24)12-17(16)28-19/h5-10,12H,3-4,11H2,1-2H3,(H,20,21,22). The van der Waals surface area contributed by atoms with Gasteiger partial charge in [0.15, 0.2) is 24.8 Å². The molecule has 0 aliphatic rings. The molecular weight excluding hydrogens is 448 g/mol. The molecule has 3 aromatic rings. The van der Waals surface area contributed by atoms with E-state index in [0.29, 0.717) is 21.1 Å². The summed E-state index contributed by atoms with van der Waals surface area (Å²) in [4.78, 5) is 16.8. The number of hydrogen-bond donors (Lipinski definition) is 1. The van der Waals surface area contributed by atoms with Crippen LogP contribution in [0.3, 0.4) is 0 Å². The lowest BCUT2D eigenvalue weighted by molar-refractivity contribution is -0.116. The molecule has 1 aromatic heterocycles. The second-order valence-corrected chi connectivity index (χ2v) is 11.7. The first-order chi connectivity index (χ1) is 14.1. The van der Waals surface area contributed by atoms with E-state index in [1.165, 1.54) is 31.4 Å². The molecule has 1 N–H and O–H groups in total. The number of fused-ring (bicyclic) bond motifs is 1. The van der Waals surface area contributed by atoms with Crippen molar-refractivity contribution in [2.75, 3.05) is 24.4 Å². The summed E-state index contributed by atoms with van der Waals surface area (Å²) in [6.45, 7) is 0. The second-order valence-electron chi connectivity index (χ2n) is 6.57. The quantitative estimate of drug-likeness (QED) is 0.540. The fourth-order valence-electron chi connectivity index (χ4n) is 2.69. The molecule has 0 radical (unpaired) electrons. The van der Waals surface area contributed by atoms with Gasteiger partial charge in [0.05, 0.1) is 32.9 Å². The number of methoxy groups -OCH3 is 1. The van der Waals surface area contributed by atoms with Crippen LogP contribution in [0.15, 0.2) is 52.3 Å². The van der Waals surface area contributed by atoms with Gasteiger partial charge in [-0.15, -0.1) is 0 Å². The number of rotatable bonds is 8. The zero-order valence-electron chi connectivity index (χ0n) is 16.3. The summed E-state index contributed by atoms with van der Waals surface area (Å²) in [5.41, 5.74) is 0.574. The maximum Gasteiger partial charge on any atom is 0.226 e. The summed E-state index contributed by atoms with van der Waals surface area (Å²) in [6, 6.07) is 10.6. The summed E-state index contributed by atoms with van der Waals surface area (Å²) < 4.78 is 53.7. The van der Waals surface area contributed by atoms with Crippen molar-refractivity contribution in [3.63, 3.8) is 0 Å². The van der Waals surface area contributed by atoms with Gasteiger partial charge in [-0.05, 0) is 48.9 Å². The van der Waals surface area contributed by atoms with Gasteiger partial charge >= 0.3 is 0 Å². The number of nitrogens with zero attached hydrogens (tertiary/aromatic N) is 1. The number of thiazole rings is 1. The first kappa shape index (κ1) is 22.2. The Kier molecular flexibility index (Phi) is 6.44. The van der Waals surface area contributed by atoms with Gasteiger partial charge in [0.2, 0.25) is 5.91 Å². The molecule has 0 saturated carbocycles. The summed E-state index contributed by atoms with van der Waals surface area (Å²) >= 11 is 1.16. The summed E-state index contributed by atoms with van der Waals surface area (Å²) in [5.74, 6) is 0.0414. The average molecular weight is 469 g/mol. The average Bonchev–Trinajstić information content (AvgIpc) is 3.08. The van der Waals surface area contributed by atoms with Crippen LogP contribution in [0.5, 0.6) is 5.75 Å². The van der Waals surface area contributed by atoms with Crippen LogP contribution in [-0.2, 0) is 24.5 Å². The molecule has 11 heteroatoms. The van der Waals surface area contributed by atoms with Crippen LogP contribution < -0.4 is 10.1 Å². The minimum absolute atomic E-state index is 0.0138. The Hall–Kier alpha value is -2.50. The fraction of sp³-hybridized carbons (Fsp3) is 0.263. The molecule has 160 valence electrons. The zero-order chi connectivity index (χ0) is 21.9. The predicted molar refractivity (Wildman–Crippen MR) is 116 cm³/mol. The number of carbonyl (C=O) groups excluding carboxylic acids is 1. The first-order valence-electron chi connectivity index (χ1n) is 8.86. The van der Waals surface area contributed by atoms with E-state index >= 15 is 0 Å². The normalized spacial score (nSPS) is 12.1. The van der Waals surface area contributed by atoms with E-state index in [2.05, 4.69) is 10.3 Å². The largest absolute Gasteiger partial charge is 0.497 e. The van der Waals surface area contributed by atoms with Gasteiger partial charge < -0.3 is 10.1 Å². The Balaban J connectivity index is 1.59. The fourth-order valence-corrected chi connectivity index (χ4v) is 5.65. The highest BCUT2D eigenvalue weighted by atomic mass is 32.2. The second kappa shape index (κ2) is 8.70. The molecule has 0 saturated heterocycles. The smallest absolute Gasteiger partial charge is 0.226 e. The van der Waals surface area contributed by atoms with Crippen molar-refractivity contribution in [1.82, 2.24) is 4.98 Å². The number of ether oxygens (including phenoxy) is 1. The van der Waals surface area contributed by atoms with Gasteiger partial charge in [-0.25, -0.2) is 21.8 Å². The maximum absolute atomic E-state index is 12.4. The Morgan fingerprint density at radius 3 is 2.37 bits per heavy atom. The molecule has 1 amide bonds. The van der Waals surface area contributed by atoms with Crippen molar-refractivity contribution in [2.24, 2.45) is 0 Å². The van der Waals surface area contributed by atoms with Crippen LogP contribution in [0.2, 0.25) is 0 Å². The topological polar surface area (TPSA) is 120 Å². The van der Waals surface area contributed by atoms with Crippen LogP contribution >= 0.6 is 11.3 Å². The number of aromatic nitrogens is 1. The zero-order valence-corrected chi connectivity index (χ0v) is 18.7. The van der Waals surface area contributed by atoms with Gasteiger partial charge in [-0.1, -0.05) is 11.3 Å². The van der Waals surface area contributed by atoms with E-state index in [4.69, 9.17) is 4.74 Å². The van der Waals surface area contributed by atoms with E-state index in [9.17, 15) is 21.6 Å². The van der Waals surface area contributed by atoms with Crippen molar-refractivity contribution in [3.8, 4) is 5.75 Å². The highest BCUT2D eigenvalue weighted by Crippen LogP contribution is 2.28. The molecule has 3 rings (SSSR count). The van der Waals surface area contributed by atoms with Gasteiger partial charge in [-0.3, -0.25) is 4.79 Å². The number of sulfone groups is 2. The van der Waals surface area contributed by atoms with E-state index in [1.54, 1.807) is 18.2 Å². The Labute approximate surface area is 178 Å². The van der Waals surface area contributed by atoms with Crippen LogP contribution in [0.25, 0.3) is 10.2 Å². The summed E-state index contributed by atoms with van der Waals surface area (Å²) in [7, 11) is -5.33. The van der Waals surface area contributed by atoms with Crippen LogP contribution in [0, 0.1) is 0 Å². The molecule has 0 aliphatic carbocycles. The predicted octanol–water partition coefficient (Wildman–Crippen LogP) is 2.90. The maximum atomic E-state index is 12.4. The van der Waals surface area contributed by atoms with E-state index in [0.717, 1.165) is 17.6 Å². The highest BCUT2D eigenvalue weighted by Gasteiger charge is 2.16. The minimum atomic E-state index is -3.50. The lowest BCUT2D eigenvalue weighted by atomic mass is 10.3. The molecule has 0 bridgehead atoms. The molecule has 0 aliphatic heterocycles. The Morgan fingerprint density at radius 2 is 1.73 bits per heavy atom. The number of carbonyl (C=O) groups is 1. The lowest BCUT2D eigenvalue weighted by Gasteiger charge is -2.06. The highest BCUT2D eigenvalue weighted by molar-refractivity contribution is 7.91. The van der Waals surface area contributed by atoms with Gasteiger partial charge in [0, 0.05) is 12.7 Å². The van der Waals surface area contributed by atoms with Crippen LogP contribution in [0.4, 0.5) is 5.13 Å². The molecule has 0 fully saturated rings. The molecular formula is C19H20N2O6S3. The van der Waals surface area contributed by atoms with Gasteiger partial charge in [0.1, 0.15) is 5.75 Å². The van der Waals surface area contributed by atoms with Crippen molar-refractivity contribution in [1.29, 1.82) is 0 Å². The van der Waals surface area contributed by atoms with Crippen molar-refractivity contribution in [3.05, 3.63) is 42.5 Å². The summed E-state index contributed by atoms with van der Waals surface area (Å²) in [6.07, 6.45) is 1.29. The molecule has 1 heterocycles. The van der Waals surface area contributed by atoms with Crippen molar-refractivity contribution < 1.29 is 26.4 Å². The number of anilines is 1. The molecule has 0 unspecified atom stereocenters. The SMILES string of the molecule is COc1ccc(S(=O)(=O)CCCC(=O)Nc2nc3ccc(S(C)(=O)=O)cc3s2)cc1. The molecule has 30 heavy (non-hydrogen) atoms. The third kappa shape index (κ3) is 5.35. The van der Waals surface area contributed by atoms with Gasteiger partial charge in [-0.2, -0.15) is 0 Å². The third-order valence-corrected chi connectivity index (χ3v) is 8.13.